The Bertz CT molecular complexity index is 391. The molecule has 0 bridgehead atoms. The standard InChI is InChI=1S/C11H14N2O3/c1-9(15)7-13-5-2-3-10(8-13)11(16)12-4-6-14/h2-3,5,8,14H,4,6-7H2,1H3/p+1. The normalized spacial score (nSPS) is 9.88. The minimum Gasteiger partial charge on any atom is -0.395 e. The van der Waals surface area contributed by atoms with Crippen LogP contribution in [0.15, 0.2) is 24.5 Å². The zero-order valence-corrected chi connectivity index (χ0v) is 9.14. The lowest BCUT2D eigenvalue weighted by Crippen LogP contribution is -2.38. The fourth-order valence-corrected chi connectivity index (χ4v) is 1.28. The molecular formula is C11H15N2O3+. The lowest BCUT2D eigenvalue weighted by atomic mass is 10.2. The summed E-state index contributed by atoms with van der Waals surface area (Å²) in [5.74, 6) is -0.232. The van der Waals surface area contributed by atoms with Crippen LogP contribution in [0.3, 0.4) is 0 Å². The van der Waals surface area contributed by atoms with E-state index >= 15 is 0 Å². The van der Waals surface area contributed by atoms with Crippen molar-refractivity contribution in [1.82, 2.24) is 5.32 Å². The summed E-state index contributed by atoms with van der Waals surface area (Å²) in [4.78, 5) is 22.4. The third-order valence-electron chi connectivity index (χ3n) is 1.92. The SMILES string of the molecule is CC(=O)C[n+]1cccc(C(=O)NCCO)c1. The summed E-state index contributed by atoms with van der Waals surface area (Å²) in [5.41, 5.74) is 0.470. The van der Waals surface area contributed by atoms with E-state index in [4.69, 9.17) is 5.11 Å². The summed E-state index contributed by atoms with van der Waals surface area (Å²) in [6.45, 7) is 1.87. The van der Waals surface area contributed by atoms with Crippen molar-refractivity contribution in [2.24, 2.45) is 0 Å². The molecule has 1 amide bonds. The molecule has 0 unspecified atom stereocenters. The van der Waals surface area contributed by atoms with E-state index < -0.39 is 0 Å². The van der Waals surface area contributed by atoms with Gasteiger partial charge in [0, 0.05) is 19.5 Å². The molecule has 0 atom stereocenters. The summed E-state index contributed by atoms with van der Waals surface area (Å²) in [6, 6.07) is 3.36. The highest BCUT2D eigenvalue weighted by molar-refractivity contribution is 5.93. The highest BCUT2D eigenvalue weighted by Gasteiger charge is 2.10. The van der Waals surface area contributed by atoms with E-state index in [1.807, 2.05) is 0 Å². The second kappa shape index (κ2) is 5.97. The molecule has 0 saturated carbocycles. The number of aliphatic hydroxyl groups is 1. The van der Waals surface area contributed by atoms with Crippen molar-refractivity contribution in [2.75, 3.05) is 13.2 Å². The Morgan fingerprint density at radius 2 is 2.25 bits per heavy atom. The predicted molar refractivity (Wildman–Crippen MR) is 56.7 cm³/mol. The number of hydrogen-bond acceptors (Lipinski definition) is 3. The second-order valence-electron chi connectivity index (χ2n) is 3.45. The Morgan fingerprint density at radius 3 is 2.88 bits per heavy atom. The number of amides is 1. The van der Waals surface area contributed by atoms with Crippen LogP contribution in [-0.4, -0.2) is 29.9 Å². The number of aromatic nitrogens is 1. The number of nitrogens with zero attached hydrogens (tertiary/aromatic N) is 1. The summed E-state index contributed by atoms with van der Waals surface area (Å²) >= 11 is 0. The second-order valence-corrected chi connectivity index (χ2v) is 3.45. The van der Waals surface area contributed by atoms with E-state index in [-0.39, 0.29) is 31.4 Å². The van der Waals surface area contributed by atoms with E-state index in [0.29, 0.717) is 5.56 Å². The number of nitrogens with one attached hydrogen (secondary N) is 1. The molecule has 0 aliphatic heterocycles. The minimum atomic E-state index is -0.257. The first kappa shape index (κ1) is 12.3. The van der Waals surface area contributed by atoms with Crippen molar-refractivity contribution < 1.29 is 19.3 Å². The maximum atomic E-state index is 11.5. The van der Waals surface area contributed by atoms with Gasteiger partial charge >= 0.3 is 0 Å². The van der Waals surface area contributed by atoms with Crippen molar-refractivity contribution in [3.63, 3.8) is 0 Å². The van der Waals surface area contributed by atoms with Gasteiger partial charge in [0.2, 0.25) is 6.54 Å². The number of aliphatic hydroxyl groups excluding tert-OH is 1. The number of pyridine rings is 1. The Morgan fingerprint density at radius 1 is 1.50 bits per heavy atom. The van der Waals surface area contributed by atoms with Crippen LogP contribution in [-0.2, 0) is 11.3 Å². The van der Waals surface area contributed by atoms with Crippen molar-refractivity contribution in [1.29, 1.82) is 0 Å². The van der Waals surface area contributed by atoms with Gasteiger partial charge < -0.3 is 10.4 Å². The molecular weight excluding hydrogens is 208 g/mol. The van der Waals surface area contributed by atoms with Gasteiger partial charge in [-0.15, -0.1) is 0 Å². The number of ketones is 1. The maximum absolute atomic E-state index is 11.5. The van der Waals surface area contributed by atoms with Crippen LogP contribution in [0.25, 0.3) is 0 Å². The number of Topliss-reactive ketones (excluding diaryl/α,β-unsaturated/α-hetero) is 1. The lowest BCUT2D eigenvalue weighted by molar-refractivity contribution is -0.684. The molecule has 0 radical (unpaired) electrons. The number of carbonyl (C=O) groups excluding carboxylic acids is 2. The summed E-state index contributed by atoms with van der Waals surface area (Å²) < 4.78 is 1.65. The summed E-state index contributed by atoms with van der Waals surface area (Å²) in [7, 11) is 0. The summed E-state index contributed by atoms with van der Waals surface area (Å²) in [6.07, 6.45) is 3.33. The molecule has 1 aromatic heterocycles. The monoisotopic (exact) mass is 223 g/mol. The molecule has 5 heteroatoms. The molecule has 0 spiro atoms. The first-order valence-corrected chi connectivity index (χ1v) is 5.01. The topological polar surface area (TPSA) is 70.3 Å². The van der Waals surface area contributed by atoms with Gasteiger partial charge in [-0.25, -0.2) is 0 Å². The highest BCUT2D eigenvalue weighted by atomic mass is 16.3. The Labute approximate surface area is 93.7 Å². The van der Waals surface area contributed by atoms with Crippen LogP contribution >= 0.6 is 0 Å². The van der Waals surface area contributed by atoms with Crippen LogP contribution in [0.2, 0.25) is 0 Å². The van der Waals surface area contributed by atoms with Crippen molar-refractivity contribution in [3.8, 4) is 0 Å². The molecule has 0 aliphatic rings. The van der Waals surface area contributed by atoms with Crippen molar-refractivity contribution >= 4 is 11.7 Å². The third kappa shape index (κ3) is 3.78. The van der Waals surface area contributed by atoms with Gasteiger partial charge in [-0.3, -0.25) is 9.59 Å². The molecule has 1 heterocycles. The van der Waals surface area contributed by atoms with Crippen LogP contribution in [0, 0.1) is 0 Å². The Balaban J connectivity index is 2.73. The van der Waals surface area contributed by atoms with E-state index in [9.17, 15) is 9.59 Å². The fraction of sp³-hybridized carbons (Fsp3) is 0.364. The largest absolute Gasteiger partial charge is 0.395 e. The molecule has 0 aliphatic carbocycles. The summed E-state index contributed by atoms with van der Waals surface area (Å²) in [5, 5.41) is 11.1. The highest BCUT2D eigenvalue weighted by Crippen LogP contribution is 1.93. The fourth-order valence-electron chi connectivity index (χ4n) is 1.28. The van der Waals surface area contributed by atoms with Gasteiger partial charge in [0.1, 0.15) is 5.56 Å². The molecule has 0 saturated heterocycles. The minimum absolute atomic E-state index is 0.0258. The van der Waals surface area contributed by atoms with E-state index in [2.05, 4.69) is 5.32 Å². The van der Waals surface area contributed by atoms with E-state index in [1.165, 1.54) is 6.92 Å². The predicted octanol–water partition coefficient (Wildman–Crippen LogP) is -0.715. The van der Waals surface area contributed by atoms with Gasteiger partial charge in [-0.2, -0.15) is 4.57 Å². The number of carbonyl (C=O) groups is 2. The average Bonchev–Trinajstić information content (AvgIpc) is 2.25. The molecule has 1 aromatic rings. The molecule has 0 fully saturated rings. The molecule has 0 aromatic carbocycles. The maximum Gasteiger partial charge on any atom is 0.257 e. The Hall–Kier alpha value is -1.75. The van der Waals surface area contributed by atoms with Gasteiger partial charge in [0.25, 0.3) is 5.91 Å². The lowest BCUT2D eigenvalue weighted by Gasteiger charge is -2.01. The van der Waals surface area contributed by atoms with E-state index in [1.54, 1.807) is 29.1 Å². The van der Waals surface area contributed by atoms with Crippen LogP contribution in [0.5, 0.6) is 0 Å². The average molecular weight is 223 g/mol. The van der Waals surface area contributed by atoms with Crippen LogP contribution in [0.4, 0.5) is 0 Å². The van der Waals surface area contributed by atoms with Gasteiger partial charge in [0.05, 0.1) is 6.61 Å². The Kier molecular flexibility index (Phi) is 4.60. The van der Waals surface area contributed by atoms with Crippen molar-refractivity contribution in [2.45, 2.75) is 13.5 Å². The zero-order valence-electron chi connectivity index (χ0n) is 9.14. The van der Waals surface area contributed by atoms with Gasteiger partial charge in [-0.1, -0.05) is 0 Å². The molecule has 1 rings (SSSR count). The van der Waals surface area contributed by atoms with Crippen molar-refractivity contribution in [3.05, 3.63) is 30.1 Å². The first-order chi connectivity index (χ1) is 7.63. The van der Waals surface area contributed by atoms with Gasteiger partial charge in [-0.05, 0) is 6.07 Å². The third-order valence-corrected chi connectivity index (χ3v) is 1.92. The number of rotatable bonds is 5. The smallest absolute Gasteiger partial charge is 0.257 e. The molecule has 5 nitrogen and oxygen atoms in total. The quantitative estimate of drug-likeness (QED) is 0.647. The molecule has 86 valence electrons. The molecule has 16 heavy (non-hydrogen) atoms. The van der Waals surface area contributed by atoms with E-state index in [0.717, 1.165) is 0 Å². The molecule has 2 N–H and O–H groups in total. The van der Waals surface area contributed by atoms with Crippen LogP contribution in [0.1, 0.15) is 17.3 Å². The first-order valence-electron chi connectivity index (χ1n) is 5.01. The van der Waals surface area contributed by atoms with Gasteiger partial charge in [0.15, 0.2) is 18.2 Å². The van der Waals surface area contributed by atoms with Crippen LogP contribution < -0.4 is 9.88 Å². The number of hydrogen-bond donors (Lipinski definition) is 2. The zero-order chi connectivity index (χ0) is 12.0.